The molecule has 3 aromatic rings. The van der Waals surface area contributed by atoms with Crippen LogP contribution in [0.3, 0.4) is 0 Å². The summed E-state index contributed by atoms with van der Waals surface area (Å²) in [4.78, 5) is 12.6. The Hall–Kier alpha value is -3.07. The molecule has 0 amide bonds. The van der Waals surface area contributed by atoms with E-state index in [0.29, 0.717) is 12.2 Å². The number of benzene rings is 3. The lowest BCUT2D eigenvalue weighted by Crippen LogP contribution is -2.28. The van der Waals surface area contributed by atoms with Gasteiger partial charge in [-0.2, -0.15) is 0 Å². The van der Waals surface area contributed by atoms with Crippen molar-refractivity contribution in [2.24, 2.45) is 0 Å². The van der Waals surface area contributed by atoms with Gasteiger partial charge in [-0.3, -0.25) is 0 Å². The Bertz CT molecular complexity index is 859. The van der Waals surface area contributed by atoms with Crippen LogP contribution in [0.15, 0.2) is 84.9 Å². The fraction of sp³-hybridized carbons (Fsp3) is 0.136. The predicted octanol–water partition coefficient (Wildman–Crippen LogP) is 4.76. The molecule has 0 radical (unpaired) electrons. The van der Waals surface area contributed by atoms with Gasteiger partial charge in [0.2, 0.25) is 0 Å². The first-order valence-electron chi connectivity index (χ1n) is 8.35. The highest BCUT2D eigenvalue weighted by molar-refractivity contribution is 5.89. The molecule has 0 aromatic heterocycles. The van der Waals surface area contributed by atoms with Crippen LogP contribution in [0.4, 0.5) is 0 Å². The van der Waals surface area contributed by atoms with Gasteiger partial charge >= 0.3 is 5.97 Å². The number of fused-ring (bicyclic) bond motifs is 1. The first-order valence-corrected chi connectivity index (χ1v) is 8.35. The molecular weight excluding hydrogens is 312 g/mol. The molecule has 3 aromatic carbocycles. The van der Waals surface area contributed by atoms with Gasteiger partial charge in [-0.1, -0.05) is 66.7 Å². The second-order valence-corrected chi connectivity index (χ2v) is 6.06. The molecule has 3 heteroatoms. The monoisotopic (exact) mass is 330 g/mol. The molecule has 25 heavy (non-hydrogen) atoms. The fourth-order valence-corrected chi connectivity index (χ4v) is 3.21. The predicted molar refractivity (Wildman–Crippen MR) is 95.7 cm³/mol. The first kappa shape index (κ1) is 15.5. The number of para-hydroxylation sites is 1. The van der Waals surface area contributed by atoms with E-state index < -0.39 is 0 Å². The summed E-state index contributed by atoms with van der Waals surface area (Å²) in [7, 11) is 0. The fourth-order valence-electron chi connectivity index (χ4n) is 3.21. The molecule has 1 heterocycles. The quantitative estimate of drug-likeness (QED) is 0.650. The van der Waals surface area contributed by atoms with E-state index in [2.05, 4.69) is 0 Å². The molecule has 0 aliphatic carbocycles. The average molecular weight is 330 g/mol. The third-order valence-electron chi connectivity index (χ3n) is 4.48. The maximum atomic E-state index is 12.6. The van der Waals surface area contributed by atoms with Crippen LogP contribution in [0.5, 0.6) is 5.75 Å². The molecule has 124 valence electrons. The van der Waals surface area contributed by atoms with Crippen molar-refractivity contribution in [3.63, 3.8) is 0 Å². The van der Waals surface area contributed by atoms with Gasteiger partial charge in [0.1, 0.15) is 11.9 Å². The van der Waals surface area contributed by atoms with Crippen LogP contribution in [0, 0.1) is 0 Å². The molecular formula is C22H18O3. The number of rotatable bonds is 3. The van der Waals surface area contributed by atoms with Crippen molar-refractivity contribution >= 4 is 5.97 Å². The molecule has 4 rings (SSSR count). The van der Waals surface area contributed by atoms with Gasteiger partial charge in [0.05, 0.1) is 18.1 Å². The summed E-state index contributed by atoms with van der Waals surface area (Å²) < 4.78 is 11.9. The van der Waals surface area contributed by atoms with Gasteiger partial charge < -0.3 is 9.47 Å². The zero-order chi connectivity index (χ0) is 17.1. The summed E-state index contributed by atoms with van der Waals surface area (Å²) >= 11 is 0. The number of carbonyl (C=O) groups is 1. The summed E-state index contributed by atoms with van der Waals surface area (Å²) in [5, 5.41) is 0. The Morgan fingerprint density at radius 2 is 1.48 bits per heavy atom. The largest absolute Gasteiger partial charge is 0.492 e. The number of hydrogen-bond acceptors (Lipinski definition) is 3. The smallest absolute Gasteiger partial charge is 0.338 e. The van der Waals surface area contributed by atoms with Crippen molar-refractivity contribution in [1.29, 1.82) is 0 Å². The molecule has 0 saturated heterocycles. The topological polar surface area (TPSA) is 35.5 Å². The SMILES string of the molecule is O=C(OC1c2ccccc2OCC1c1ccccc1)c1ccccc1. The lowest BCUT2D eigenvalue weighted by Gasteiger charge is -2.33. The Morgan fingerprint density at radius 3 is 2.24 bits per heavy atom. The van der Waals surface area contributed by atoms with Crippen molar-refractivity contribution in [1.82, 2.24) is 0 Å². The number of hydrogen-bond donors (Lipinski definition) is 0. The molecule has 3 nitrogen and oxygen atoms in total. The highest BCUT2D eigenvalue weighted by atomic mass is 16.6. The minimum Gasteiger partial charge on any atom is -0.492 e. The molecule has 2 atom stereocenters. The van der Waals surface area contributed by atoms with Crippen LogP contribution < -0.4 is 4.74 Å². The molecule has 2 unspecified atom stereocenters. The van der Waals surface area contributed by atoms with E-state index in [-0.39, 0.29) is 18.0 Å². The Kier molecular flexibility index (Phi) is 4.21. The average Bonchev–Trinajstić information content (AvgIpc) is 2.69. The highest BCUT2D eigenvalue weighted by Crippen LogP contribution is 2.43. The van der Waals surface area contributed by atoms with Crippen LogP contribution >= 0.6 is 0 Å². The molecule has 1 aliphatic rings. The lowest BCUT2D eigenvalue weighted by molar-refractivity contribution is 0.0111. The second-order valence-electron chi connectivity index (χ2n) is 6.06. The van der Waals surface area contributed by atoms with Gasteiger partial charge in [-0.25, -0.2) is 4.79 Å². The molecule has 0 bridgehead atoms. The van der Waals surface area contributed by atoms with E-state index in [9.17, 15) is 4.79 Å². The van der Waals surface area contributed by atoms with Gasteiger partial charge in [-0.05, 0) is 23.8 Å². The maximum Gasteiger partial charge on any atom is 0.338 e. The van der Waals surface area contributed by atoms with E-state index >= 15 is 0 Å². The third-order valence-corrected chi connectivity index (χ3v) is 4.48. The van der Waals surface area contributed by atoms with E-state index in [1.54, 1.807) is 12.1 Å². The van der Waals surface area contributed by atoms with Crippen molar-refractivity contribution < 1.29 is 14.3 Å². The van der Waals surface area contributed by atoms with Crippen LogP contribution in [0.25, 0.3) is 0 Å². The van der Waals surface area contributed by atoms with Crippen molar-refractivity contribution in [2.45, 2.75) is 12.0 Å². The number of carbonyl (C=O) groups excluding carboxylic acids is 1. The summed E-state index contributed by atoms with van der Waals surface area (Å²) in [6, 6.07) is 26.9. The number of esters is 1. The first-order chi connectivity index (χ1) is 12.3. The van der Waals surface area contributed by atoms with Crippen LogP contribution in [0.2, 0.25) is 0 Å². The lowest BCUT2D eigenvalue weighted by atomic mass is 9.87. The van der Waals surface area contributed by atoms with Crippen LogP contribution in [-0.2, 0) is 4.74 Å². The summed E-state index contributed by atoms with van der Waals surface area (Å²) in [5.74, 6) is 0.424. The van der Waals surface area contributed by atoms with Gasteiger partial charge in [0, 0.05) is 5.56 Å². The van der Waals surface area contributed by atoms with Crippen molar-refractivity contribution in [2.75, 3.05) is 6.61 Å². The molecule has 0 fully saturated rings. The zero-order valence-corrected chi connectivity index (χ0v) is 13.7. The minimum atomic E-state index is -0.375. The van der Waals surface area contributed by atoms with Gasteiger partial charge in [0.25, 0.3) is 0 Å². The van der Waals surface area contributed by atoms with E-state index in [4.69, 9.17) is 9.47 Å². The van der Waals surface area contributed by atoms with Crippen LogP contribution in [0.1, 0.15) is 33.5 Å². The van der Waals surface area contributed by atoms with Gasteiger partial charge in [-0.15, -0.1) is 0 Å². The maximum absolute atomic E-state index is 12.6. The third kappa shape index (κ3) is 3.13. The summed E-state index contributed by atoms with van der Waals surface area (Å²) in [6.07, 6.45) is -0.375. The standard InChI is InChI=1S/C22H18O3/c23-22(17-11-5-2-6-12-17)25-21-18-13-7-8-14-20(18)24-15-19(21)16-9-3-1-4-10-16/h1-14,19,21H,15H2. The summed E-state index contributed by atoms with van der Waals surface area (Å²) in [6.45, 7) is 0.480. The Labute approximate surface area is 146 Å². The Balaban J connectivity index is 1.70. The molecule has 0 N–H and O–H groups in total. The van der Waals surface area contributed by atoms with Crippen LogP contribution in [-0.4, -0.2) is 12.6 Å². The minimum absolute atomic E-state index is 0.0382. The van der Waals surface area contributed by atoms with Gasteiger partial charge in [0.15, 0.2) is 0 Å². The molecule has 0 saturated carbocycles. The van der Waals surface area contributed by atoms with E-state index in [1.165, 1.54) is 0 Å². The second kappa shape index (κ2) is 6.81. The summed E-state index contributed by atoms with van der Waals surface area (Å²) in [5.41, 5.74) is 2.56. The van der Waals surface area contributed by atoms with E-state index in [1.807, 2.05) is 72.8 Å². The van der Waals surface area contributed by atoms with Crippen molar-refractivity contribution in [3.05, 3.63) is 102 Å². The molecule has 0 spiro atoms. The van der Waals surface area contributed by atoms with E-state index in [0.717, 1.165) is 16.9 Å². The van der Waals surface area contributed by atoms with Crippen molar-refractivity contribution in [3.8, 4) is 5.75 Å². The normalized spacial score (nSPS) is 18.7. The number of ether oxygens (including phenoxy) is 2. The zero-order valence-electron chi connectivity index (χ0n) is 13.7. The molecule has 1 aliphatic heterocycles. The Morgan fingerprint density at radius 1 is 0.840 bits per heavy atom. The highest BCUT2D eigenvalue weighted by Gasteiger charge is 2.35.